The zero-order valence-corrected chi connectivity index (χ0v) is 23.2. The molecule has 0 radical (unpaired) electrons. The summed E-state index contributed by atoms with van der Waals surface area (Å²) in [4.78, 5) is 53.0. The van der Waals surface area contributed by atoms with Crippen molar-refractivity contribution in [1.82, 2.24) is 4.90 Å². The van der Waals surface area contributed by atoms with E-state index in [1.165, 1.54) is 25.2 Å². The Labute approximate surface area is 244 Å². The number of nitrogens with zero attached hydrogens (tertiary/aromatic N) is 2. The molecule has 0 aromatic heterocycles. The number of amides is 4. The number of benzene rings is 3. The molecule has 0 bridgehead atoms. The van der Waals surface area contributed by atoms with E-state index in [2.05, 4.69) is 0 Å². The van der Waals surface area contributed by atoms with Gasteiger partial charge in [-0.3, -0.25) is 24.1 Å². The Morgan fingerprint density at radius 2 is 1.56 bits per heavy atom. The van der Waals surface area contributed by atoms with Crippen LogP contribution in [0, 0.1) is 23.6 Å². The van der Waals surface area contributed by atoms with Gasteiger partial charge in [0.05, 0.1) is 17.5 Å². The Bertz CT molecular complexity index is 1740. The molecule has 41 heavy (non-hydrogen) atoms. The zero-order chi connectivity index (χ0) is 29.0. The molecule has 2 heterocycles. The Morgan fingerprint density at radius 1 is 0.878 bits per heavy atom. The van der Waals surface area contributed by atoms with Gasteiger partial charge in [0, 0.05) is 18.4 Å². The Kier molecular flexibility index (Phi) is 5.51. The van der Waals surface area contributed by atoms with Crippen molar-refractivity contribution in [3.05, 3.63) is 83.7 Å². The van der Waals surface area contributed by atoms with Gasteiger partial charge in [-0.05, 0) is 60.0 Å². The first-order valence-corrected chi connectivity index (χ1v) is 14.0. The quantitative estimate of drug-likeness (QED) is 0.260. The lowest BCUT2D eigenvalue weighted by Crippen LogP contribution is -2.60. The monoisotopic (exact) mass is 592 g/mol. The highest BCUT2D eigenvalue weighted by atomic mass is 35.5. The molecule has 4 amide bonds. The number of carbonyl (C=O) groups is 4. The van der Waals surface area contributed by atoms with Gasteiger partial charge in [-0.2, -0.15) is 0 Å². The third-order valence-electron chi connectivity index (χ3n) is 9.36. The predicted molar refractivity (Wildman–Crippen MR) is 150 cm³/mol. The summed E-state index contributed by atoms with van der Waals surface area (Å²) in [6.45, 7) is 0. The molecular formula is C31H23Cl2FN2O5. The topological polar surface area (TPSA) is 95.0 Å². The molecule has 0 unspecified atom stereocenters. The summed E-state index contributed by atoms with van der Waals surface area (Å²) in [5, 5.41) is 11.7. The van der Waals surface area contributed by atoms with Gasteiger partial charge in [-0.1, -0.05) is 42.0 Å². The fourth-order valence-corrected chi connectivity index (χ4v) is 8.39. The number of hydrogen-bond donors (Lipinski definition) is 1. The van der Waals surface area contributed by atoms with Gasteiger partial charge in [0.1, 0.15) is 11.6 Å². The van der Waals surface area contributed by atoms with Crippen LogP contribution in [0.3, 0.4) is 0 Å². The van der Waals surface area contributed by atoms with Crippen LogP contribution in [-0.4, -0.2) is 50.4 Å². The van der Waals surface area contributed by atoms with Crippen LogP contribution >= 0.6 is 23.2 Å². The van der Waals surface area contributed by atoms with E-state index >= 15 is 0 Å². The maximum atomic E-state index is 14.4. The molecule has 3 aromatic carbocycles. The number of carbonyl (C=O) groups excluding carboxylic acids is 4. The van der Waals surface area contributed by atoms with Gasteiger partial charge in [-0.25, -0.2) is 9.29 Å². The number of rotatable bonds is 2. The average molecular weight is 593 g/mol. The summed E-state index contributed by atoms with van der Waals surface area (Å²) >= 11 is 14.7. The third-order valence-corrected chi connectivity index (χ3v) is 10.8. The fraction of sp³-hybridized carbons (Fsp3) is 0.290. The predicted octanol–water partition coefficient (Wildman–Crippen LogP) is 4.88. The standard InChI is InChI=1S/C31H23Cl2FN2O5/c1-35-26(38)21-11-10-20-22(24(21)27(35)39)14-30(32)28(40)36(16-8-6-15(34)7-9-16)29(41)31(30,33)25(20)19-12-13-23(37)18-5-3-2-4-17(18)19/h2-10,12-13,21-22,24-25,37H,11,14H2,1H3/t21-,22+,24-,25-,30+,31-/m0/s1. The molecule has 2 saturated heterocycles. The van der Waals surface area contributed by atoms with E-state index in [0.717, 1.165) is 21.9 Å². The van der Waals surface area contributed by atoms with E-state index in [1.54, 1.807) is 30.3 Å². The van der Waals surface area contributed by atoms with Crippen LogP contribution in [0.1, 0.15) is 24.3 Å². The number of hydrogen-bond acceptors (Lipinski definition) is 5. The minimum atomic E-state index is -2.04. The van der Waals surface area contributed by atoms with Gasteiger partial charge < -0.3 is 5.11 Å². The highest BCUT2D eigenvalue weighted by Crippen LogP contribution is 2.66. The molecule has 7 rings (SSSR count). The first-order chi connectivity index (χ1) is 19.5. The van der Waals surface area contributed by atoms with Crippen LogP contribution in [0.15, 0.2) is 72.3 Å². The van der Waals surface area contributed by atoms with Crippen molar-refractivity contribution in [2.24, 2.45) is 17.8 Å². The molecule has 4 aliphatic rings. The average Bonchev–Trinajstić information content (AvgIpc) is 3.27. The molecule has 208 valence electrons. The van der Waals surface area contributed by atoms with E-state index < -0.39 is 51.1 Å². The van der Waals surface area contributed by atoms with E-state index in [4.69, 9.17) is 23.2 Å². The van der Waals surface area contributed by atoms with E-state index in [1.807, 2.05) is 6.08 Å². The van der Waals surface area contributed by atoms with E-state index in [9.17, 15) is 28.7 Å². The second kappa shape index (κ2) is 8.63. The molecule has 10 heteroatoms. The largest absolute Gasteiger partial charge is 0.507 e. The summed E-state index contributed by atoms with van der Waals surface area (Å²) < 4.78 is 13.8. The van der Waals surface area contributed by atoms with Crippen LogP contribution in [-0.2, 0) is 19.2 Å². The van der Waals surface area contributed by atoms with Crippen molar-refractivity contribution in [2.75, 3.05) is 11.9 Å². The van der Waals surface area contributed by atoms with E-state index in [0.29, 0.717) is 21.9 Å². The summed E-state index contributed by atoms with van der Waals surface area (Å²) in [6.07, 6.45) is 1.98. The lowest BCUT2D eigenvalue weighted by molar-refractivity contribution is -0.138. The minimum absolute atomic E-state index is 0.0233. The van der Waals surface area contributed by atoms with Gasteiger partial charge in [0.25, 0.3) is 11.8 Å². The fourth-order valence-electron chi connectivity index (χ4n) is 7.46. The summed E-state index contributed by atoms with van der Waals surface area (Å²) in [7, 11) is 1.44. The lowest BCUT2D eigenvalue weighted by atomic mass is 9.56. The molecular weight excluding hydrogens is 570 g/mol. The highest BCUT2D eigenvalue weighted by Gasteiger charge is 2.76. The number of phenolic OH excluding ortho intramolecular Hbond substituents is 1. The molecule has 7 nitrogen and oxygen atoms in total. The second-order valence-electron chi connectivity index (χ2n) is 11.2. The Morgan fingerprint density at radius 3 is 2.27 bits per heavy atom. The normalized spacial score (nSPS) is 32.7. The number of alkyl halides is 2. The number of anilines is 1. The number of imide groups is 2. The van der Waals surface area contributed by atoms with Gasteiger partial charge in [0.15, 0.2) is 9.75 Å². The van der Waals surface area contributed by atoms with Crippen molar-refractivity contribution < 1.29 is 28.7 Å². The summed E-state index contributed by atoms with van der Waals surface area (Å²) in [5.74, 6) is -5.73. The molecule has 3 aromatic rings. The lowest BCUT2D eigenvalue weighted by Gasteiger charge is -2.51. The molecule has 0 spiro atoms. The van der Waals surface area contributed by atoms with Gasteiger partial charge in [-0.15, -0.1) is 23.2 Å². The summed E-state index contributed by atoms with van der Waals surface area (Å²) in [6, 6.07) is 15.1. The van der Waals surface area contributed by atoms with Crippen LogP contribution in [0.2, 0.25) is 0 Å². The first-order valence-electron chi connectivity index (χ1n) is 13.2. The maximum absolute atomic E-state index is 14.4. The SMILES string of the molecule is CN1C(=O)[C@H]2[C@H](CC=C3[C@H]2C[C@@]2(Cl)C(=O)N(c4ccc(F)cc4)C(=O)[C@@]2(Cl)[C@H]3c2ccc(O)c3ccccc23)C1=O. The molecule has 1 saturated carbocycles. The number of halogens is 3. The van der Waals surface area contributed by atoms with E-state index in [-0.39, 0.29) is 36.1 Å². The molecule has 1 N–H and O–H groups in total. The van der Waals surface area contributed by atoms with Crippen LogP contribution < -0.4 is 4.90 Å². The number of allylic oxidation sites excluding steroid dienone is 2. The molecule has 3 fully saturated rings. The van der Waals surface area contributed by atoms with Crippen LogP contribution in [0.25, 0.3) is 10.8 Å². The maximum Gasteiger partial charge on any atom is 0.258 e. The number of aromatic hydroxyl groups is 1. The van der Waals surface area contributed by atoms with Crippen LogP contribution in [0.4, 0.5) is 10.1 Å². The summed E-state index contributed by atoms with van der Waals surface area (Å²) in [5.41, 5.74) is 1.33. The third kappa shape index (κ3) is 3.20. The van der Waals surface area contributed by atoms with Gasteiger partial charge >= 0.3 is 0 Å². The second-order valence-corrected chi connectivity index (χ2v) is 12.4. The molecule has 2 aliphatic heterocycles. The number of likely N-dealkylation sites (tertiary alicyclic amines) is 1. The van der Waals surface area contributed by atoms with Crippen LogP contribution in [0.5, 0.6) is 5.75 Å². The van der Waals surface area contributed by atoms with Crippen molar-refractivity contribution in [1.29, 1.82) is 0 Å². The number of phenols is 1. The highest BCUT2D eigenvalue weighted by molar-refractivity contribution is 6.58. The molecule has 2 aliphatic carbocycles. The van der Waals surface area contributed by atoms with Gasteiger partial charge in [0.2, 0.25) is 11.8 Å². The van der Waals surface area contributed by atoms with Crippen molar-refractivity contribution >= 4 is 63.3 Å². The Hall–Kier alpha value is -3.75. The smallest absolute Gasteiger partial charge is 0.258 e. The molecule has 6 atom stereocenters. The van der Waals surface area contributed by atoms with Crippen molar-refractivity contribution in [3.8, 4) is 5.75 Å². The minimum Gasteiger partial charge on any atom is -0.507 e. The van der Waals surface area contributed by atoms with Crippen molar-refractivity contribution in [3.63, 3.8) is 0 Å². The first kappa shape index (κ1) is 26.2. The van der Waals surface area contributed by atoms with Crippen molar-refractivity contribution in [2.45, 2.75) is 28.5 Å². The zero-order valence-electron chi connectivity index (χ0n) is 21.7. The Balaban J connectivity index is 1.50. The number of fused-ring (bicyclic) bond motifs is 5.